The predicted octanol–water partition coefficient (Wildman–Crippen LogP) is 3.41. The Kier molecular flexibility index (Phi) is 4.14. The van der Waals surface area contributed by atoms with Crippen LogP contribution in [0.25, 0.3) is 22.3 Å². The third-order valence-corrected chi connectivity index (χ3v) is 5.27. The average molecular weight is 417 g/mol. The van der Waals surface area contributed by atoms with Crippen molar-refractivity contribution in [3.8, 4) is 34.3 Å². The van der Waals surface area contributed by atoms with Crippen LogP contribution in [0.1, 0.15) is 23.5 Å². The summed E-state index contributed by atoms with van der Waals surface area (Å²) in [6.07, 6.45) is 3.23. The van der Waals surface area contributed by atoms with Crippen LogP contribution in [-0.4, -0.2) is 26.3 Å². The molecule has 0 bridgehead atoms. The lowest BCUT2D eigenvalue weighted by Gasteiger charge is -2.25. The third kappa shape index (κ3) is 3.05. The molecule has 31 heavy (non-hydrogen) atoms. The number of aromatic hydroxyl groups is 3. The highest BCUT2D eigenvalue weighted by molar-refractivity contribution is 5.93. The van der Waals surface area contributed by atoms with Crippen LogP contribution < -0.4 is 10.2 Å². The molecule has 1 aliphatic heterocycles. The fourth-order valence-electron chi connectivity index (χ4n) is 3.84. The molecule has 0 spiro atoms. The Bertz CT molecular complexity index is 1410. The van der Waals surface area contributed by atoms with Gasteiger partial charge in [0.1, 0.15) is 28.2 Å². The van der Waals surface area contributed by atoms with Crippen LogP contribution in [0.2, 0.25) is 0 Å². The highest BCUT2D eigenvalue weighted by atomic mass is 16.5. The number of rotatable bonds is 2. The normalized spacial score (nSPS) is 15.5. The lowest BCUT2D eigenvalue weighted by atomic mass is 9.86. The number of esters is 1. The van der Waals surface area contributed by atoms with Crippen LogP contribution in [0.5, 0.6) is 23.0 Å². The van der Waals surface area contributed by atoms with Crippen LogP contribution in [0.3, 0.4) is 0 Å². The standard InChI is InChI=1S/C23H15NO7/c25-14-4-3-11(6-15(14)26)18-8-16(27)22-17(28)9-19-21(23(22)31-18)13(7-20(29)30-19)12-2-1-5-24-10-12/h1-6,8-10,13,25-26,28H,7H2/t13-/m0/s1. The Morgan fingerprint density at radius 1 is 0.968 bits per heavy atom. The zero-order chi connectivity index (χ0) is 21.7. The van der Waals surface area contributed by atoms with E-state index in [1.54, 1.807) is 24.5 Å². The molecular weight excluding hydrogens is 402 g/mol. The first kappa shape index (κ1) is 18.7. The zero-order valence-electron chi connectivity index (χ0n) is 15.9. The monoisotopic (exact) mass is 417 g/mol. The van der Waals surface area contributed by atoms with E-state index < -0.39 is 17.3 Å². The Morgan fingerprint density at radius 2 is 1.81 bits per heavy atom. The number of phenolic OH excluding ortho intramolecular Hbond substituents is 3. The topological polar surface area (TPSA) is 130 Å². The van der Waals surface area contributed by atoms with Gasteiger partial charge in [0, 0.05) is 41.6 Å². The molecular formula is C23H15NO7. The molecule has 1 atom stereocenters. The van der Waals surface area contributed by atoms with Crippen molar-refractivity contribution < 1.29 is 29.3 Å². The van der Waals surface area contributed by atoms with Crippen LogP contribution in [0, 0.1) is 0 Å². The number of fused-ring (bicyclic) bond motifs is 3. The Morgan fingerprint density at radius 3 is 2.55 bits per heavy atom. The van der Waals surface area contributed by atoms with E-state index >= 15 is 0 Å². The predicted molar refractivity (Wildman–Crippen MR) is 109 cm³/mol. The second-order valence-electron chi connectivity index (χ2n) is 7.21. The summed E-state index contributed by atoms with van der Waals surface area (Å²) >= 11 is 0. The molecule has 0 unspecified atom stereocenters. The maximum absolute atomic E-state index is 12.9. The van der Waals surface area contributed by atoms with Crippen molar-refractivity contribution in [2.45, 2.75) is 12.3 Å². The molecule has 5 rings (SSSR count). The molecule has 0 amide bonds. The minimum absolute atomic E-state index is 0.00645. The van der Waals surface area contributed by atoms with Crippen molar-refractivity contribution in [2.24, 2.45) is 0 Å². The number of hydrogen-bond donors (Lipinski definition) is 3. The molecule has 2 aromatic carbocycles. The molecule has 8 heteroatoms. The van der Waals surface area contributed by atoms with Gasteiger partial charge in [-0.2, -0.15) is 0 Å². The van der Waals surface area contributed by atoms with E-state index in [0.717, 1.165) is 5.56 Å². The first-order valence-corrected chi connectivity index (χ1v) is 9.39. The molecule has 4 aromatic rings. The number of phenols is 3. The van der Waals surface area contributed by atoms with Gasteiger partial charge in [-0.05, 0) is 29.8 Å². The van der Waals surface area contributed by atoms with Gasteiger partial charge in [0.05, 0.1) is 6.42 Å². The zero-order valence-corrected chi connectivity index (χ0v) is 15.9. The molecule has 154 valence electrons. The molecule has 3 heterocycles. The van der Waals surface area contributed by atoms with Gasteiger partial charge < -0.3 is 24.5 Å². The summed E-state index contributed by atoms with van der Waals surface area (Å²) in [5, 5.41) is 29.8. The maximum Gasteiger partial charge on any atom is 0.312 e. The molecule has 0 fully saturated rings. The number of benzene rings is 2. The van der Waals surface area contributed by atoms with Crippen LogP contribution in [0.4, 0.5) is 0 Å². The first-order valence-electron chi connectivity index (χ1n) is 9.39. The third-order valence-electron chi connectivity index (χ3n) is 5.27. The van der Waals surface area contributed by atoms with E-state index in [-0.39, 0.29) is 46.1 Å². The van der Waals surface area contributed by atoms with Gasteiger partial charge in [0.15, 0.2) is 16.9 Å². The van der Waals surface area contributed by atoms with Crippen molar-refractivity contribution in [3.05, 3.63) is 76.2 Å². The minimum atomic E-state index is -0.508. The van der Waals surface area contributed by atoms with E-state index in [0.29, 0.717) is 11.1 Å². The number of carbonyl (C=O) groups excluding carboxylic acids is 1. The van der Waals surface area contributed by atoms with Gasteiger partial charge >= 0.3 is 5.97 Å². The van der Waals surface area contributed by atoms with E-state index in [1.165, 1.54) is 30.3 Å². The lowest BCUT2D eigenvalue weighted by molar-refractivity contribution is -0.135. The Labute approximate surface area is 174 Å². The SMILES string of the molecule is O=C1C[C@@H](c2cccnc2)c2c(cc(O)c3c(=O)cc(-c4ccc(O)c(O)c4)oc23)O1. The Hall–Kier alpha value is -4.33. The van der Waals surface area contributed by atoms with Gasteiger partial charge in [0.25, 0.3) is 0 Å². The number of carbonyl (C=O) groups is 1. The number of nitrogens with zero attached hydrogens (tertiary/aromatic N) is 1. The summed E-state index contributed by atoms with van der Waals surface area (Å²) in [4.78, 5) is 29.2. The summed E-state index contributed by atoms with van der Waals surface area (Å²) in [5.74, 6) is -1.83. The minimum Gasteiger partial charge on any atom is -0.507 e. The number of aromatic nitrogens is 1. The average Bonchev–Trinajstić information content (AvgIpc) is 2.75. The van der Waals surface area contributed by atoms with E-state index in [4.69, 9.17) is 9.15 Å². The quantitative estimate of drug-likeness (QED) is 0.257. The largest absolute Gasteiger partial charge is 0.507 e. The van der Waals surface area contributed by atoms with Crippen LogP contribution in [0.15, 0.2) is 64.1 Å². The first-order chi connectivity index (χ1) is 14.9. The van der Waals surface area contributed by atoms with Crippen molar-refractivity contribution >= 4 is 16.9 Å². The smallest absolute Gasteiger partial charge is 0.312 e. The van der Waals surface area contributed by atoms with Crippen molar-refractivity contribution in [2.75, 3.05) is 0 Å². The summed E-state index contributed by atoms with van der Waals surface area (Å²) in [6.45, 7) is 0. The Balaban J connectivity index is 1.83. The molecule has 2 aromatic heterocycles. The molecule has 8 nitrogen and oxygen atoms in total. The summed E-state index contributed by atoms with van der Waals surface area (Å²) < 4.78 is 11.4. The number of hydrogen-bond acceptors (Lipinski definition) is 8. The second kappa shape index (κ2) is 6.88. The van der Waals surface area contributed by atoms with Gasteiger partial charge in [-0.1, -0.05) is 6.07 Å². The molecule has 0 saturated carbocycles. The van der Waals surface area contributed by atoms with Crippen LogP contribution >= 0.6 is 0 Å². The van der Waals surface area contributed by atoms with E-state index in [9.17, 15) is 24.9 Å². The van der Waals surface area contributed by atoms with E-state index in [2.05, 4.69) is 4.98 Å². The summed E-state index contributed by atoms with van der Waals surface area (Å²) in [7, 11) is 0. The van der Waals surface area contributed by atoms with Crippen molar-refractivity contribution in [1.29, 1.82) is 0 Å². The van der Waals surface area contributed by atoms with Gasteiger partial charge in [-0.15, -0.1) is 0 Å². The van der Waals surface area contributed by atoms with Gasteiger partial charge in [-0.3, -0.25) is 14.6 Å². The number of ether oxygens (including phenoxy) is 1. The van der Waals surface area contributed by atoms with E-state index in [1.807, 2.05) is 0 Å². The fourth-order valence-corrected chi connectivity index (χ4v) is 3.84. The van der Waals surface area contributed by atoms with Gasteiger partial charge in [-0.25, -0.2) is 0 Å². The van der Waals surface area contributed by atoms with Crippen molar-refractivity contribution in [1.82, 2.24) is 4.98 Å². The van der Waals surface area contributed by atoms with Crippen LogP contribution in [-0.2, 0) is 4.79 Å². The maximum atomic E-state index is 12.9. The van der Waals surface area contributed by atoms with Crippen molar-refractivity contribution in [3.63, 3.8) is 0 Å². The fraction of sp³-hybridized carbons (Fsp3) is 0.0870. The summed E-state index contributed by atoms with van der Waals surface area (Å²) in [5.41, 5.74) is 1.08. The molecule has 0 aliphatic carbocycles. The highest BCUT2D eigenvalue weighted by Gasteiger charge is 2.33. The molecule has 1 aliphatic rings. The molecule has 3 N–H and O–H groups in total. The molecule has 0 saturated heterocycles. The van der Waals surface area contributed by atoms with Gasteiger partial charge in [0.2, 0.25) is 0 Å². The summed E-state index contributed by atoms with van der Waals surface area (Å²) in [6, 6.07) is 9.97. The second-order valence-corrected chi connectivity index (χ2v) is 7.21. The number of pyridine rings is 1. The molecule has 0 radical (unpaired) electrons. The lowest BCUT2D eigenvalue weighted by Crippen LogP contribution is -2.22. The highest BCUT2D eigenvalue weighted by Crippen LogP contribution is 2.46.